The van der Waals surface area contributed by atoms with Gasteiger partial charge >= 0.3 is 0 Å². The van der Waals surface area contributed by atoms with Crippen molar-refractivity contribution in [3.8, 4) is 28.3 Å². The molecule has 0 unspecified atom stereocenters. The lowest BCUT2D eigenvalue weighted by molar-refractivity contribution is 0.0650. The lowest BCUT2D eigenvalue weighted by Crippen LogP contribution is -2.47. The van der Waals surface area contributed by atoms with Crippen LogP contribution in [0.15, 0.2) is 67.1 Å². The van der Waals surface area contributed by atoms with Crippen molar-refractivity contribution < 1.29 is 9.53 Å². The van der Waals surface area contributed by atoms with Gasteiger partial charge in [-0.2, -0.15) is 0 Å². The number of carbonyl (C=O) groups excluding carboxylic acids is 1. The number of amides is 1. The fourth-order valence-corrected chi connectivity index (χ4v) is 5.22. The minimum Gasteiger partial charge on any atom is -0.481 e. The highest BCUT2D eigenvalue weighted by Crippen LogP contribution is 2.33. The third-order valence-corrected chi connectivity index (χ3v) is 7.07. The first-order valence-electron chi connectivity index (χ1n) is 11.5. The number of likely N-dealkylation sites (tertiary alicyclic amines) is 2. The largest absolute Gasteiger partial charge is 0.481 e. The topological polar surface area (TPSA) is 71.5 Å². The van der Waals surface area contributed by atoms with Crippen LogP contribution in [0.5, 0.6) is 5.88 Å². The van der Waals surface area contributed by atoms with Gasteiger partial charge in [0.05, 0.1) is 18.3 Å². The molecule has 170 valence electrons. The van der Waals surface area contributed by atoms with Gasteiger partial charge in [0.1, 0.15) is 6.33 Å². The molecule has 34 heavy (non-hydrogen) atoms. The van der Waals surface area contributed by atoms with E-state index in [-0.39, 0.29) is 5.91 Å². The summed E-state index contributed by atoms with van der Waals surface area (Å²) in [6, 6.07) is 18.5. The van der Waals surface area contributed by atoms with Crippen molar-refractivity contribution in [2.75, 3.05) is 27.2 Å². The molecule has 1 amide bonds. The highest BCUT2D eigenvalue weighted by atomic mass is 16.5. The molecule has 4 aromatic rings. The SMILES string of the molecule is COc1ccc(-c2ccc3ncnc(-c4cccc(C(=O)N5C[C@@H]6C[C@H]5CN6C)c4)c3c2)cn1. The van der Waals surface area contributed by atoms with Crippen LogP contribution in [-0.2, 0) is 0 Å². The summed E-state index contributed by atoms with van der Waals surface area (Å²) in [7, 11) is 3.75. The van der Waals surface area contributed by atoms with Crippen molar-refractivity contribution in [1.29, 1.82) is 0 Å². The number of hydrogen-bond acceptors (Lipinski definition) is 6. The third kappa shape index (κ3) is 3.49. The standard InChI is InChI=1S/C27H25N5O2/c1-31-14-22-12-21(31)15-32(22)27(33)19-5-3-4-18(10-19)26-23-11-17(6-8-24(23)29-16-30-26)20-7-9-25(34-2)28-13-20/h3-11,13,16,21-22H,12,14-15H2,1-2H3/t21-,22-/m0/s1. The molecule has 0 N–H and O–H groups in total. The van der Waals surface area contributed by atoms with E-state index in [0.717, 1.165) is 52.8 Å². The van der Waals surface area contributed by atoms with E-state index in [0.29, 0.717) is 23.5 Å². The van der Waals surface area contributed by atoms with Crippen LogP contribution in [0, 0.1) is 0 Å². The second-order valence-electron chi connectivity index (χ2n) is 9.06. The number of piperazine rings is 1. The Morgan fingerprint density at radius 1 is 0.941 bits per heavy atom. The average molecular weight is 452 g/mol. The lowest BCUT2D eigenvalue weighted by Gasteiger charge is -2.32. The van der Waals surface area contributed by atoms with Gasteiger partial charge in [0, 0.05) is 59.5 Å². The Morgan fingerprint density at radius 3 is 2.56 bits per heavy atom. The summed E-state index contributed by atoms with van der Waals surface area (Å²) in [5, 5.41) is 0.933. The monoisotopic (exact) mass is 451 g/mol. The van der Waals surface area contributed by atoms with Crippen LogP contribution in [0.3, 0.4) is 0 Å². The number of pyridine rings is 1. The Hall–Kier alpha value is -3.84. The molecule has 2 aliphatic heterocycles. The van der Waals surface area contributed by atoms with Gasteiger partial charge in [-0.1, -0.05) is 18.2 Å². The smallest absolute Gasteiger partial charge is 0.254 e. The molecule has 0 saturated carbocycles. The van der Waals surface area contributed by atoms with E-state index in [9.17, 15) is 4.79 Å². The number of carbonyl (C=O) groups is 1. The highest BCUT2D eigenvalue weighted by molar-refractivity contribution is 5.99. The first kappa shape index (κ1) is 20.7. The Bertz CT molecular complexity index is 1390. The van der Waals surface area contributed by atoms with E-state index >= 15 is 0 Å². The molecule has 7 nitrogen and oxygen atoms in total. The second kappa shape index (κ2) is 8.18. The van der Waals surface area contributed by atoms with E-state index in [1.807, 2.05) is 53.4 Å². The molecule has 0 radical (unpaired) electrons. The number of methoxy groups -OCH3 is 1. The molecule has 2 aliphatic rings. The Kier molecular flexibility index (Phi) is 4.99. The van der Waals surface area contributed by atoms with Gasteiger partial charge in [-0.05, 0) is 49.4 Å². The zero-order chi connectivity index (χ0) is 23.2. The molecule has 2 aromatic carbocycles. The van der Waals surface area contributed by atoms with E-state index < -0.39 is 0 Å². The van der Waals surface area contributed by atoms with Crippen molar-refractivity contribution >= 4 is 16.8 Å². The number of nitrogens with zero attached hydrogens (tertiary/aromatic N) is 5. The molecule has 2 aromatic heterocycles. The number of hydrogen-bond donors (Lipinski definition) is 0. The van der Waals surface area contributed by atoms with E-state index in [2.05, 4.69) is 33.0 Å². The molecule has 6 rings (SSSR count). The second-order valence-corrected chi connectivity index (χ2v) is 9.06. The Balaban J connectivity index is 1.36. The number of rotatable bonds is 4. The summed E-state index contributed by atoms with van der Waals surface area (Å²) in [4.78, 5) is 31.1. The summed E-state index contributed by atoms with van der Waals surface area (Å²) < 4.78 is 5.18. The third-order valence-electron chi connectivity index (χ3n) is 7.07. The van der Waals surface area contributed by atoms with Gasteiger partial charge in [0.15, 0.2) is 0 Å². The van der Waals surface area contributed by atoms with Crippen molar-refractivity contribution in [3.05, 3.63) is 72.7 Å². The molecule has 2 saturated heterocycles. The van der Waals surface area contributed by atoms with Crippen LogP contribution in [-0.4, -0.2) is 70.0 Å². The summed E-state index contributed by atoms with van der Waals surface area (Å²) in [5.74, 6) is 0.679. The zero-order valence-electron chi connectivity index (χ0n) is 19.2. The molecule has 2 atom stereocenters. The molecular formula is C27H25N5O2. The predicted octanol–water partition coefficient (Wildman–Crippen LogP) is 3.90. The van der Waals surface area contributed by atoms with Gasteiger partial charge in [0.25, 0.3) is 5.91 Å². The quantitative estimate of drug-likeness (QED) is 0.469. The van der Waals surface area contributed by atoms with E-state index in [4.69, 9.17) is 4.74 Å². The summed E-state index contributed by atoms with van der Waals surface area (Å²) in [6.07, 6.45) is 4.45. The highest BCUT2D eigenvalue weighted by Gasteiger charge is 2.43. The first-order chi connectivity index (χ1) is 16.6. The molecule has 2 bridgehead atoms. The molecule has 0 spiro atoms. The fraction of sp³-hybridized carbons (Fsp3) is 0.259. The minimum absolute atomic E-state index is 0.103. The minimum atomic E-state index is 0.103. The van der Waals surface area contributed by atoms with Gasteiger partial charge in [0.2, 0.25) is 5.88 Å². The number of fused-ring (bicyclic) bond motifs is 3. The maximum atomic E-state index is 13.3. The van der Waals surface area contributed by atoms with Crippen molar-refractivity contribution in [1.82, 2.24) is 24.8 Å². The van der Waals surface area contributed by atoms with Gasteiger partial charge in [-0.25, -0.2) is 15.0 Å². The van der Waals surface area contributed by atoms with Crippen molar-refractivity contribution in [2.24, 2.45) is 0 Å². The summed E-state index contributed by atoms with van der Waals surface area (Å²) in [6.45, 7) is 1.76. The average Bonchev–Trinajstić information content (AvgIpc) is 3.47. The van der Waals surface area contributed by atoms with Crippen LogP contribution >= 0.6 is 0 Å². The van der Waals surface area contributed by atoms with Gasteiger partial charge in [-0.15, -0.1) is 0 Å². The van der Waals surface area contributed by atoms with Crippen LogP contribution in [0.4, 0.5) is 0 Å². The van der Waals surface area contributed by atoms with Gasteiger partial charge in [-0.3, -0.25) is 9.69 Å². The van der Waals surface area contributed by atoms with Crippen molar-refractivity contribution in [2.45, 2.75) is 18.5 Å². The zero-order valence-corrected chi connectivity index (χ0v) is 19.2. The maximum absolute atomic E-state index is 13.3. The molecular weight excluding hydrogens is 426 g/mol. The summed E-state index contributed by atoms with van der Waals surface area (Å²) in [5.41, 5.74) is 5.27. The number of benzene rings is 2. The molecule has 2 fully saturated rings. The normalized spacial score (nSPS) is 19.6. The predicted molar refractivity (Wildman–Crippen MR) is 131 cm³/mol. The van der Waals surface area contributed by atoms with Crippen LogP contribution in [0.1, 0.15) is 16.8 Å². The van der Waals surface area contributed by atoms with Crippen LogP contribution in [0.2, 0.25) is 0 Å². The van der Waals surface area contributed by atoms with Crippen molar-refractivity contribution in [3.63, 3.8) is 0 Å². The van der Waals surface area contributed by atoms with E-state index in [1.165, 1.54) is 0 Å². The van der Waals surface area contributed by atoms with Gasteiger partial charge < -0.3 is 9.64 Å². The summed E-state index contributed by atoms with van der Waals surface area (Å²) >= 11 is 0. The number of aromatic nitrogens is 3. The Labute approximate surface area is 198 Å². The Morgan fingerprint density at radius 2 is 1.82 bits per heavy atom. The first-order valence-corrected chi connectivity index (χ1v) is 11.5. The molecule has 7 heteroatoms. The lowest BCUT2D eigenvalue weighted by atomic mass is 10.00. The van der Waals surface area contributed by atoms with Crippen LogP contribution < -0.4 is 4.74 Å². The van der Waals surface area contributed by atoms with E-state index in [1.54, 1.807) is 19.6 Å². The molecule has 4 heterocycles. The fourth-order valence-electron chi connectivity index (χ4n) is 5.22. The maximum Gasteiger partial charge on any atom is 0.254 e. The molecule has 0 aliphatic carbocycles. The number of ether oxygens (including phenoxy) is 1. The van der Waals surface area contributed by atoms with Crippen LogP contribution in [0.25, 0.3) is 33.3 Å². The number of likely N-dealkylation sites (N-methyl/N-ethyl adjacent to an activating group) is 1.